The predicted molar refractivity (Wildman–Crippen MR) is 101 cm³/mol. The summed E-state index contributed by atoms with van der Waals surface area (Å²) in [7, 11) is 0. The van der Waals surface area contributed by atoms with Crippen LogP contribution < -0.4 is 10.6 Å². The third-order valence-electron chi connectivity index (χ3n) is 3.54. The van der Waals surface area contributed by atoms with Gasteiger partial charge in [0.05, 0.1) is 0 Å². The predicted octanol–water partition coefficient (Wildman–Crippen LogP) is 3.38. The average molecular weight is 375 g/mol. The maximum atomic E-state index is 12.5. The molecular weight excluding hydrogens is 358 g/mol. The van der Waals surface area contributed by atoms with E-state index in [4.69, 9.17) is 4.42 Å². The number of carbonyl (C=O) groups excluding carboxylic acids is 2. The number of aromatic nitrogens is 1. The minimum Gasteiger partial charge on any atom is -0.451 e. The second kappa shape index (κ2) is 8.17. The van der Waals surface area contributed by atoms with Gasteiger partial charge < -0.3 is 15.1 Å². The third kappa shape index (κ3) is 4.40. The number of hydrogen-bond donors (Lipinski definition) is 2. The quantitative estimate of drug-likeness (QED) is 0.661. The molecule has 25 heavy (non-hydrogen) atoms. The lowest BCUT2D eigenvalue weighted by Crippen LogP contribution is -2.44. The first-order valence-corrected chi connectivity index (χ1v) is 9.93. The van der Waals surface area contributed by atoms with Gasteiger partial charge in [-0.05, 0) is 30.6 Å². The number of nitrogens with one attached hydrogen (secondary N) is 2. The molecule has 0 aliphatic heterocycles. The number of thioether (sulfide) groups is 1. The SMILES string of the molecule is CSCC[C@H](NC(=O)c1cc2ccccc2o1)C(=O)Nc1nccs1. The molecule has 0 aliphatic rings. The molecule has 1 aromatic carbocycles. The van der Waals surface area contributed by atoms with Gasteiger partial charge in [0.2, 0.25) is 5.91 Å². The minimum absolute atomic E-state index is 0.192. The van der Waals surface area contributed by atoms with E-state index in [0.717, 1.165) is 11.1 Å². The van der Waals surface area contributed by atoms with E-state index >= 15 is 0 Å². The summed E-state index contributed by atoms with van der Waals surface area (Å²) < 4.78 is 5.56. The van der Waals surface area contributed by atoms with Crippen LogP contribution in [0.3, 0.4) is 0 Å². The van der Waals surface area contributed by atoms with E-state index in [1.54, 1.807) is 35.5 Å². The maximum absolute atomic E-state index is 12.5. The van der Waals surface area contributed by atoms with Crippen LogP contribution in [0.5, 0.6) is 0 Å². The van der Waals surface area contributed by atoms with Crippen LogP contribution in [0, 0.1) is 0 Å². The second-order valence-corrected chi connectivity index (χ2v) is 7.16. The van der Waals surface area contributed by atoms with Crippen molar-refractivity contribution in [3.63, 3.8) is 0 Å². The first-order chi connectivity index (χ1) is 12.2. The van der Waals surface area contributed by atoms with Crippen molar-refractivity contribution in [3.8, 4) is 0 Å². The van der Waals surface area contributed by atoms with Gasteiger partial charge in [0, 0.05) is 17.0 Å². The maximum Gasteiger partial charge on any atom is 0.287 e. The highest BCUT2D eigenvalue weighted by molar-refractivity contribution is 7.98. The molecule has 0 fully saturated rings. The molecule has 0 spiro atoms. The van der Waals surface area contributed by atoms with Crippen LogP contribution in [-0.4, -0.2) is 34.8 Å². The van der Waals surface area contributed by atoms with Crippen LogP contribution in [0.25, 0.3) is 11.0 Å². The summed E-state index contributed by atoms with van der Waals surface area (Å²) in [5, 5.41) is 8.62. The number of nitrogens with zero attached hydrogens (tertiary/aromatic N) is 1. The highest BCUT2D eigenvalue weighted by atomic mass is 32.2. The van der Waals surface area contributed by atoms with Crippen molar-refractivity contribution in [2.75, 3.05) is 17.3 Å². The second-order valence-electron chi connectivity index (χ2n) is 5.28. The molecule has 2 heterocycles. The van der Waals surface area contributed by atoms with Crippen molar-refractivity contribution in [2.45, 2.75) is 12.5 Å². The van der Waals surface area contributed by atoms with Gasteiger partial charge in [-0.3, -0.25) is 9.59 Å². The van der Waals surface area contributed by atoms with Crippen LogP contribution >= 0.6 is 23.1 Å². The topological polar surface area (TPSA) is 84.2 Å². The average Bonchev–Trinajstić information content (AvgIpc) is 3.27. The molecule has 0 saturated heterocycles. The summed E-state index contributed by atoms with van der Waals surface area (Å²) in [5.74, 6) is 0.249. The molecule has 1 atom stereocenters. The first kappa shape index (κ1) is 17.5. The van der Waals surface area contributed by atoms with Gasteiger partial charge in [-0.25, -0.2) is 4.98 Å². The Morgan fingerprint density at radius 2 is 2.20 bits per heavy atom. The van der Waals surface area contributed by atoms with E-state index in [-0.39, 0.29) is 11.7 Å². The molecule has 3 rings (SSSR count). The number of furan rings is 1. The molecule has 2 N–H and O–H groups in total. The van der Waals surface area contributed by atoms with Crippen molar-refractivity contribution < 1.29 is 14.0 Å². The number of hydrogen-bond acceptors (Lipinski definition) is 6. The lowest BCUT2D eigenvalue weighted by atomic mass is 10.2. The van der Waals surface area contributed by atoms with Gasteiger partial charge in [-0.15, -0.1) is 11.3 Å². The molecule has 2 aromatic heterocycles. The van der Waals surface area contributed by atoms with Gasteiger partial charge in [0.1, 0.15) is 11.6 Å². The lowest BCUT2D eigenvalue weighted by Gasteiger charge is -2.16. The van der Waals surface area contributed by atoms with Crippen molar-refractivity contribution in [3.05, 3.63) is 47.7 Å². The summed E-state index contributed by atoms with van der Waals surface area (Å²) in [6, 6.07) is 8.41. The Morgan fingerprint density at radius 1 is 1.36 bits per heavy atom. The van der Waals surface area contributed by atoms with Gasteiger partial charge in [-0.2, -0.15) is 11.8 Å². The standard InChI is InChI=1S/C17H17N3O3S2/c1-24-8-6-12(15(21)20-17-18-7-9-25-17)19-16(22)14-10-11-4-2-3-5-13(11)23-14/h2-5,7,9-10,12H,6,8H2,1H3,(H,19,22)(H,18,20,21)/t12-/m0/s1. The van der Waals surface area contributed by atoms with E-state index in [9.17, 15) is 9.59 Å². The van der Waals surface area contributed by atoms with E-state index in [1.807, 2.05) is 24.5 Å². The number of rotatable bonds is 7. The molecule has 3 aromatic rings. The zero-order valence-corrected chi connectivity index (χ0v) is 15.2. The Kier molecular flexibility index (Phi) is 5.72. The number of thiazole rings is 1. The zero-order valence-electron chi connectivity index (χ0n) is 13.5. The van der Waals surface area contributed by atoms with Crippen LogP contribution in [0.15, 0.2) is 46.3 Å². The fraction of sp³-hybridized carbons (Fsp3) is 0.235. The monoisotopic (exact) mass is 375 g/mol. The summed E-state index contributed by atoms with van der Waals surface area (Å²) in [6.07, 6.45) is 4.09. The van der Waals surface area contributed by atoms with Crippen molar-refractivity contribution in [1.82, 2.24) is 10.3 Å². The van der Waals surface area contributed by atoms with Crippen LogP contribution in [0.2, 0.25) is 0 Å². The molecule has 8 heteroatoms. The smallest absolute Gasteiger partial charge is 0.287 e. The van der Waals surface area contributed by atoms with Crippen molar-refractivity contribution >= 4 is 51.0 Å². The number of benzene rings is 1. The van der Waals surface area contributed by atoms with Crippen molar-refractivity contribution in [2.24, 2.45) is 0 Å². The normalized spacial score (nSPS) is 12.0. The molecule has 0 aliphatic carbocycles. The van der Waals surface area contributed by atoms with Crippen LogP contribution in [0.1, 0.15) is 17.0 Å². The van der Waals surface area contributed by atoms with Gasteiger partial charge in [0.25, 0.3) is 5.91 Å². The fourth-order valence-electron chi connectivity index (χ4n) is 2.31. The van der Waals surface area contributed by atoms with Gasteiger partial charge in [-0.1, -0.05) is 18.2 Å². The first-order valence-electron chi connectivity index (χ1n) is 7.66. The number of fused-ring (bicyclic) bond motifs is 1. The molecule has 0 bridgehead atoms. The van der Waals surface area contributed by atoms with E-state index < -0.39 is 11.9 Å². The van der Waals surface area contributed by atoms with Gasteiger partial charge >= 0.3 is 0 Å². The highest BCUT2D eigenvalue weighted by Gasteiger charge is 2.23. The summed E-state index contributed by atoms with van der Waals surface area (Å²) in [6.45, 7) is 0. The van der Waals surface area contributed by atoms with Gasteiger partial charge in [0.15, 0.2) is 10.9 Å². The van der Waals surface area contributed by atoms with E-state index in [1.165, 1.54) is 11.3 Å². The molecular formula is C17H17N3O3S2. The Bertz CT molecular complexity index is 828. The Labute approximate surface area is 153 Å². The lowest BCUT2D eigenvalue weighted by molar-refractivity contribution is -0.118. The summed E-state index contributed by atoms with van der Waals surface area (Å²) in [4.78, 5) is 29.0. The third-order valence-corrected chi connectivity index (χ3v) is 4.88. The summed E-state index contributed by atoms with van der Waals surface area (Å²) in [5.41, 5.74) is 0.639. The fourth-order valence-corrected chi connectivity index (χ4v) is 3.31. The van der Waals surface area contributed by atoms with E-state index in [0.29, 0.717) is 17.1 Å². The number of carbonyl (C=O) groups is 2. The Morgan fingerprint density at radius 3 is 2.92 bits per heavy atom. The Hall–Kier alpha value is -2.32. The van der Waals surface area contributed by atoms with Crippen molar-refractivity contribution in [1.29, 1.82) is 0 Å². The summed E-state index contributed by atoms with van der Waals surface area (Å²) >= 11 is 2.95. The number of anilines is 1. The number of amides is 2. The molecule has 2 amide bonds. The Balaban J connectivity index is 1.72. The minimum atomic E-state index is -0.655. The molecule has 130 valence electrons. The molecule has 6 nitrogen and oxygen atoms in total. The van der Waals surface area contributed by atoms with E-state index in [2.05, 4.69) is 15.6 Å². The number of para-hydroxylation sites is 1. The highest BCUT2D eigenvalue weighted by Crippen LogP contribution is 2.19. The molecule has 0 unspecified atom stereocenters. The molecule has 0 saturated carbocycles. The largest absolute Gasteiger partial charge is 0.451 e. The molecule has 0 radical (unpaired) electrons. The van der Waals surface area contributed by atoms with Crippen LogP contribution in [-0.2, 0) is 4.79 Å². The zero-order chi connectivity index (χ0) is 17.6. The van der Waals surface area contributed by atoms with Crippen LogP contribution in [0.4, 0.5) is 5.13 Å².